The smallest absolute Gasteiger partial charge is 0.309 e. The fraction of sp³-hybridized carbons (Fsp3) is 0.833. The van der Waals surface area contributed by atoms with Gasteiger partial charge in [-0.25, -0.2) is 0 Å². The second-order valence-electron chi connectivity index (χ2n) is 4.53. The van der Waals surface area contributed by atoms with Crippen molar-refractivity contribution in [2.45, 2.75) is 58.8 Å². The quantitative estimate of drug-likeness (QED) is 0.542. The van der Waals surface area contributed by atoms with Gasteiger partial charge in [-0.1, -0.05) is 26.2 Å². The molecule has 0 aliphatic heterocycles. The van der Waals surface area contributed by atoms with Crippen molar-refractivity contribution in [3.05, 3.63) is 0 Å². The number of aliphatic carboxylic acids is 2. The van der Waals surface area contributed by atoms with Crippen molar-refractivity contribution in [2.24, 2.45) is 5.41 Å². The Bertz CT molecular complexity index is 243. The van der Waals surface area contributed by atoms with E-state index < -0.39 is 17.4 Å². The van der Waals surface area contributed by atoms with E-state index in [-0.39, 0.29) is 12.6 Å². The Kier molecular flexibility index (Phi) is 9.66. The molecule has 1 atom stereocenters. The average molecular weight is 247 g/mol. The lowest BCUT2D eigenvalue weighted by molar-refractivity contribution is -0.148. The largest absolute Gasteiger partial charge is 0.481 e. The molecule has 102 valence electrons. The number of unbranched alkanes of at least 4 members (excludes halogenated alkanes) is 3. The van der Waals surface area contributed by atoms with Gasteiger partial charge in [0.1, 0.15) is 0 Å². The standard InChI is InChI=1S/C12H22O4.H3N/c1-3-12(2,11(15)16)9-7-5-4-6-8-10(13)14;/h3-9H2,1-2H3,(H,13,14)(H,15,16);1H3. The molecule has 0 saturated carbocycles. The Hall–Kier alpha value is -1.10. The third kappa shape index (κ3) is 7.74. The first-order chi connectivity index (χ1) is 7.42. The van der Waals surface area contributed by atoms with Gasteiger partial charge in [-0.15, -0.1) is 0 Å². The van der Waals surface area contributed by atoms with E-state index in [1.54, 1.807) is 6.92 Å². The van der Waals surface area contributed by atoms with E-state index in [0.717, 1.165) is 19.3 Å². The Morgan fingerprint density at radius 2 is 1.59 bits per heavy atom. The van der Waals surface area contributed by atoms with Gasteiger partial charge in [-0.2, -0.15) is 0 Å². The van der Waals surface area contributed by atoms with Crippen LogP contribution in [0.25, 0.3) is 0 Å². The molecule has 0 aromatic rings. The molecular weight excluding hydrogens is 222 g/mol. The maximum absolute atomic E-state index is 11.0. The van der Waals surface area contributed by atoms with E-state index in [4.69, 9.17) is 10.2 Å². The van der Waals surface area contributed by atoms with Crippen LogP contribution in [0.2, 0.25) is 0 Å². The molecule has 0 saturated heterocycles. The molecule has 0 aromatic carbocycles. The van der Waals surface area contributed by atoms with Gasteiger partial charge in [-0.05, 0) is 26.2 Å². The van der Waals surface area contributed by atoms with Crippen molar-refractivity contribution >= 4 is 11.9 Å². The first-order valence-electron chi connectivity index (χ1n) is 5.87. The molecule has 0 fully saturated rings. The molecule has 5 nitrogen and oxygen atoms in total. The molecule has 0 spiro atoms. The Balaban J connectivity index is 0. The van der Waals surface area contributed by atoms with E-state index in [1.807, 2.05) is 6.92 Å². The van der Waals surface area contributed by atoms with Crippen LogP contribution >= 0.6 is 0 Å². The summed E-state index contributed by atoms with van der Waals surface area (Å²) < 4.78 is 0. The molecule has 5 N–H and O–H groups in total. The highest BCUT2D eigenvalue weighted by Gasteiger charge is 2.29. The van der Waals surface area contributed by atoms with Crippen LogP contribution in [0.15, 0.2) is 0 Å². The van der Waals surface area contributed by atoms with Crippen LogP contribution < -0.4 is 6.15 Å². The van der Waals surface area contributed by atoms with Crippen molar-refractivity contribution in [3.8, 4) is 0 Å². The first-order valence-corrected chi connectivity index (χ1v) is 5.87. The van der Waals surface area contributed by atoms with Crippen molar-refractivity contribution in [3.63, 3.8) is 0 Å². The number of hydrogen-bond acceptors (Lipinski definition) is 3. The van der Waals surface area contributed by atoms with E-state index >= 15 is 0 Å². The van der Waals surface area contributed by atoms with Gasteiger partial charge >= 0.3 is 11.9 Å². The lowest BCUT2D eigenvalue weighted by Crippen LogP contribution is -2.26. The molecule has 0 aromatic heterocycles. The van der Waals surface area contributed by atoms with Gasteiger partial charge in [-0.3, -0.25) is 9.59 Å². The molecule has 5 heteroatoms. The predicted octanol–water partition coefficient (Wildman–Crippen LogP) is 3.07. The highest BCUT2D eigenvalue weighted by Crippen LogP contribution is 2.28. The van der Waals surface area contributed by atoms with Crippen LogP contribution in [-0.2, 0) is 9.59 Å². The molecule has 0 aliphatic rings. The summed E-state index contributed by atoms with van der Waals surface area (Å²) in [6, 6.07) is 0. The Morgan fingerprint density at radius 3 is 2.00 bits per heavy atom. The molecule has 0 bridgehead atoms. The summed E-state index contributed by atoms with van der Waals surface area (Å²) >= 11 is 0. The summed E-state index contributed by atoms with van der Waals surface area (Å²) in [6.45, 7) is 3.66. The second kappa shape index (κ2) is 8.98. The van der Waals surface area contributed by atoms with Gasteiger partial charge in [0.05, 0.1) is 5.41 Å². The molecule has 0 aliphatic carbocycles. The predicted molar refractivity (Wildman–Crippen MR) is 66.4 cm³/mol. The lowest BCUT2D eigenvalue weighted by Gasteiger charge is -2.22. The zero-order valence-corrected chi connectivity index (χ0v) is 10.9. The van der Waals surface area contributed by atoms with Gasteiger partial charge in [0, 0.05) is 6.42 Å². The van der Waals surface area contributed by atoms with Crippen molar-refractivity contribution < 1.29 is 19.8 Å². The number of carboxylic acid groups (broad SMARTS) is 2. The lowest BCUT2D eigenvalue weighted by atomic mass is 9.82. The summed E-state index contributed by atoms with van der Waals surface area (Å²) in [5.41, 5.74) is -0.618. The highest BCUT2D eigenvalue weighted by atomic mass is 16.4. The van der Waals surface area contributed by atoms with Crippen LogP contribution in [0.5, 0.6) is 0 Å². The van der Waals surface area contributed by atoms with Gasteiger partial charge in [0.15, 0.2) is 0 Å². The summed E-state index contributed by atoms with van der Waals surface area (Å²) in [4.78, 5) is 21.2. The minimum Gasteiger partial charge on any atom is -0.481 e. The van der Waals surface area contributed by atoms with Crippen LogP contribution in [0.3, 0.4) is 0 Å². The first kappa shape index (κ1) is 18.3. The molecule has 1 unspecified atom stereocenters. The molecule has 17 heavy (non-hydrogen) atoms. The van der Waals surface area contributed by atoms with Gasteiger partial charge < -0.3 is 16.4 Å². The second-order valence-corrected chi connectivity index (χ2v) is 4.53. The van der Waals surface area contributed by atoms with E-state index in [2.05, 4.69) is 0 Å². The molecule has 0 amide bonds. The average Bonchev–Trinajstić information content (AvgIpc) is 2.22. The Labute approximate surface area is 103 Å². The molecule has 0 rings (SSSR count). The van der Waals surface area contributed by atoms with E-state index in [1.165, 1.54) is 0 Å². The number of carboxylic acids is 2. The van der Waals surface area contributed by atoms with Crippen molar-refractivity contribution in [1.82, 2.24) is 6.15 Å². The maximum atomic E-state index is 11.0. The third-order valence-corrected chi connectivity index (χ3v) is 3.17. The number of hydrogen-bond donors (Lipinski definition) is 3. The zero-order valence-electron chi connectivity index (χ0n) is 10.9. The summed E-state index contributed by atoms with van der Waals surface area (Å²) in [5.74, 6) is -1.50. The van der Waals surface area contributed by atoms with Crippen LogP contribution in [0.1, 0.15) is 58.8 Å². The summed E-state index contributed by atoms with van der Waals surface area (Å²) in [6.07, 6.45) is 4.84. The fourth-order valence-corrected chi connectivity index (χ4v) is 1.58. The summed E-state index contributed by atoms with van der Waals surface area (Å²) in [7, 11) is 0. The van der Waals surface area contributed by atoms with Crippen LogP contribution in [0.4, 0.5) is 0 Å². The normalized spacial score (nSPS) is 13.5. The molecule has 0 radical (unpaired) electrons. The van der Waals surface area contributed by atoms with Crippen LogP contribution in [0, 0.1) is 5.41 Å². The minimum absolute atomic E-state index is 0. The maximum Gasteiger partial charge on any atom is 0.309 e. The molecular formula is C12H25NO4. The SMILES string of the molecule is CCC(C)(CCCCCCC(=O)O)C(=O)O.N. The van der Waals surface area contributed by atoms with Crippen LogP contribution in [-0.4, -0.2) is 22.2 Å². The fourth-order valence-electron chi connectivity index (χ4n) is 1.58. The van der Waals surface area contributed by atoms with Gasteiger partial charge in [0.2, 0.25) is 0 Å². The topological polar surface area (TPSA) is 110 Å². The Morgan fingerprint density at radius 1 is 1.06 bits per heavy atom. The van der Waals surface area contributed by atoms with Gasteiger partial charge in [0.25, 0.3) is 0 Å². The van der Waals surface area contributed by atoms with E-state index in [0.29, 0.717) is 19.3 Å². The number of rotatable bonds is 9. The summed E-state index contributed by atoms with van der Waals surface area (Å²) in [5, 5.41) is 17.5. The van der Waals surface area contributed by atoms with Crippen molar-refractivity contribution in [1.29, 1.82) is 0 Å². The third-order valence-electron chi connectivity index (χ3n) is 3.17. The molecule has 0 heterocycles. The zero-order chi connectivity index (χ0) is 12.6. The number of carbonyl (C=O) groups is 2. The minimum atomic E-state index is -0.760. The highest BCUT2D eigenvalue weighted by molar-refractivity contribution is 5.73. The monoisotopic (exact) mass is 247 g/mol. The van der Waals surface area contributed by atoms with E-state index in [9.17, 15) is 9.59 Å². The van der Waals surface area contributed by atoms with Crippen molar-refractivity contribution in [2.75, 3.05) is 0 Å².